The first-order valence-electron chi connectivity index (χ1n) is 11.2. The Bertz CT molecular complexity index is 857. The van der Waals surface area contributed by atoms with Gasteiger partial charge in [-0.3, -0.25) is 0 Å². The molecule has 4 atom stereocenters. The molecular formula is C24H36N2O3. The van der Waals surface area contributed by atoms with Crippen LogP contribution in [0.5, 0.6) is 5.75 Å². The zero-order valence-corrected chi connectivity index (χ0v) is 18.5. The van der Waals surface area contributed by atoms with Crippen molar-refractivity contribution >= 4 is 17.0 Å². The van der Waals surface area contributed by atoms with E-state index >= 15 is 0 Å². The lowest BCUT2D eigenvalue weighted by molar-refractivity contribution is 0.153. The van der Waals surface area contributed by atoms with Crippen molar-refractivity contribution in [3.63, 3.8) is 0 Å². The quantitative estimate of drug-likeness (QED) is 0.678. The fourth-order valence-corrected chi connectivity index (χ4v) is 4.89. The second kappa shape index (κ2) is 9.21. The molecule has 0 radical (unpaired) electrons. The van der Waals surface area contributed by atoms with E-state index in [1.807, 2.05) is 13.0 Å². The second-order valence-corrected chi connectivity index (χ2v) is 8.68. The maximum absolute atomic E-state index is 13.0. The summed E-state index contributed by atoms with van der Waals surface area (Å²) in [6.07, 6.45) is 3.94. The van der Waals surface area contributed by atoms with Crippen LogP contribution in [0.25, 0.3) is 10.9 Å². The predicted octanol–water partition coefficient (Wildman–Crippen LogP) is 5.43. The number of ether oxygens (including phenoxy) is 1. The van der Waals surface area contributed by atoms with E-state index in [-0.39, 0.29) is 23.8 Å². The molecule has 29 heavy (non-hydrogen) atoms. The van der Waals surface area contributed by atoms with Crippen LogP contribution < -0.4 is 5.32 Å². The number of nitrogens with zero attached hydrogens (tertiary/aromatic N) is 1. The van der Waals surface area contributed by atoms with Crippen molar-refractivity contribution in [1.82, 2.24) is 9.88 Å². The fraction of sp³-hybridized carbons (Fsp3) is 0.625. The minimum Gasteiger partial charge on any atom is -0.508 e. The fourth-order valence-electron chi connectivity index (χ4n) is 4.89. The van der Waals surface area contributed by atoms with E-state index < -0.39 is 0 Å². The van der Waals surface area contributed by atoms with Gasteiger partial charge in [0.2, 0.25) is 0 Å². The van der Waals surface area contributed by atoms with E-state index in [9.17, 15) is 9.90 Å². The van der Waals surface area contributed by atoms with Crippen molar-refractivity contribution in [2.75, 3.05) is 13.2 Å². The summed E-state index contributed by atoms with van der Waals surface area (Å²) in [6.45, 7) is 12.2. The van der Waals surface area contributed by atoms with E-state index in [0.717, 1.165) is 36.0 Å². The third-order valence-corrected chi connectivity index (χ3v) is 6.68. The van der Waals surface area contributed by atoms with Crippen LogP contribution in [-0.4, -0.2) is 35.0 Å². The number of aromatic hydroxyl groups is 1. The van der Waals surface area contributed by atoms with E-state index in [1.165, 1.54) is 18.4 Å². The highest BCUT2D eigenvalue weighted by atomic mass is 16.5. The summed E-state index contributed by atoms with van der Waals surface area (Å²) in [5.41, 5.74) is 3.07. The minimum absolute atomic E-state index is 0.209. The molecule has 3 rings (SSSR count). The van der Waals surface area contributed by atoms with Crippen molar-refractivity contribution in [1.29, 1.82) is 0 Å². The summed E-state index contributed by atoms with van der Waals surface area (Å²) in [5.74, 6) is 1.63. The van der Waals surface area contributed by atoms with Crippen molar-refractivity contribution in [3.8, 4) is 5.75 Å². The highest BCUT2D eigenvalue weighted by Gasteiger charge is 2.34. The highest BCUT2D eigenvalue weighted by Crippen LogP contribution is 2.40. The number of fused-ring (bicyclic) bond motifs is 3. The summed E-state index contributed by atoms with van der Waals surface area (Å²) in [5, 5.41) is 14.7. The van der Waals surface area contributed by atoms with Gasteiger partial charge >= 0.3 is 6.09 Å². The molecule has 0 bridgehead atoms. The number of phenolic OH excluding ortho intramolecular Hbond substituents is 1. The third-order valence-electron chi connectivity index (χ3n) is 6.68. The lowest BCUT2D eigenvalue weighted by Crippen LogP contribution is -2.34. The predicted molar refractivity (Wildman–Crippen MR) is 118 cm³/mol. The number of carbonyl (C=O) groups excluding carboxylic acids is 1. The van der Waals surface area contributed by atoms with Crippen LogP contribution in [0.3, 0.4) is 0 Å². The zero-order chi connectivity index (χ0) is 21.1. The van der Waals surface area contributed by atoms with E-state index in [2.05, 4.69) is 33.0 Å². The summed E-state index contributed by atoms with van der Waals surface area (Å²) in [4.78, 5) is 13.0. The van der Waals surface area contributed by atoms with Gasteiger partial charge in [0, 0.05) is 23.0 Å². The number of hydrogen-bond acceptors (Lipinski definition) is 4. The molecule has 0 amide bonds. The normalized spacial score (nSPS) is 21.4. The molecule has 1 aromatic carbocycles. The van der Waals surface area contributed by atoms with Gasteiger partial charge in [0.15, 0.2) is 0 Å². The molecule has 5 heteroatoms. The van der Waals surface area contributed by atoms with Crippen molar-refractivity contribution in [3.05, 3.63) is 29.5 Å². The van der Waals surface area contributed by atoms with Crippen molar-refractivity contribution < 1.29 is 14.6 Å². The topological polar surface area (TPSA) is 63.5 Å². The first kappa shape index (κ1) is 21.7. The summed E-state index contributed by atoms with van der Waals surface area (Å²) >= 11 is 0. The summed E-state index contributed by atoms with van der Waals surface area (Å²) in [7, 11) is 0. The Labute approximate surface area is 174 Å². The van der Waals surface area contributed by atoms with Gasteiger partial charge < -0.3 is 15.2 Å². The molecule has 2 heterocycles. The Hall–Kier alpha value is -2.01. The van der Waals surface area contributed by atoms with Gasteiger partial charge in [-0.2, -0.15) is 0 Å². The molecule has 0 saturated carbocycles. The first-order valence-corrected chi connectivity index (χ1v) is 11.2. The van der Waals surface area contributed by atoms with Crippen LogP contribution in [0.4, 0.5) is 4.79 Å². The van der Waals surface area contributed by atoms with Crippen LogP contribution >= 0.6 is 0 Å². The standard InChI is InChI=1S/C24H36N2O3/c1-6-8-15(3)16(4)13-20-17(5)25-12-11-19-21-14-18(27)9-10-22(21)26(23(19)20)24(28)29-7-2/h9-10,14-17,20,25,27H,6-8,11-13H2,1-5H3. The molecule has 0 fully saturated rings. The molecule has 0 aliphatic carbocycles. The molecule has 2 aromatic rings. The number of hydrogen-bond donors (Lipinski definition) is 2. The van der Waals surface area contributed by atoms with Crippen LogP contribution in [0.15, 0.2) is 18.2 Å². The number of nitrogens with one attached hydrogen (secondary N) is 1. The maximum Gasteiger partial charge on any atom is 0.418 e. The Morgan fingerprint density at radius 1 is 1.31 bits per heavy atom. The van der Waals surface area contributed by atoms with Gasteiger partial charge in [0.25, 0.3) is 0 Å². The zero-order valence-electron chi connectivity index (χ0n) is 18.5. The van der Waals surface area contributed by atoms with Gasteiger partial charge in [0.1, 0.15) is 5.75 Å². The van der Waals surface area contributed by atoms with E-state index in [0.29, 0.717) is 18.4 Å². The number of phenols is 1. The molecule has 1 aliphatic rings. The van der Waals surface area contributed by atoms with E-state index in [1.54, 1.807) is 16.7 Å². The van der Waals surface area contributed by atoms with Crippen LogP contribution in [0.1, 0.15) is 71.1 Å². The minimum atomic E-state index is -0.321. The molecule has 5 nitrogen and oxygen atoms in total. The van der Waals surface area contributed by atoms with Crippen molar-refractivity contribution in [2.24, 2.45) is 11.8 Å². The average molecular weight is 401 g/mol. The second-order valence-electron chi connectivity index (χ2n) is 8.68. The Kier molecular flexibility index (Phi) is 6.89. The Morgan fingerprint density at radius 2 is 2.07 bits per heavy atom. The van der Waals surface area contributed by atoms with Gasteiger partial charge in [-0.15, -0.1) is 0 Å². The monoisotopic (exact) mass is 400 g/mol. The van der Waals surface area contributed by atoms with Crippen LogP contribution in [0.2, 0.25) is 0 Å². The largest absolute Gasteiger partial charge is 0.508 e. The van der Waals surface area contributed by atoms with Gasteiger partial charge in [-0.25, -0.2) is 9.36 Å². The molecule has 1 aromatic heterocycles. The summed E-state index contributed by atoms with van der Waals surface area (Å²) < 4.78 is 7.22. The Balaban J connectivity index is 2.16. The third kappa shape index (κ3) is 4.30. The average Bonchev–Trinajstić information content (AvgIpc) is 2.90. The smallest absolute Gasteiger partial charge is 0.418 e. The lowest BCUT2D eigenvalue weighted by Gasteiger charge is -2.30. The van der Waals surface area contributed by atoms with Crippen molar-refractivity contribution in [2.45, 2.75) is 72.3 Å². The van der Waals surface area contributed by atoms with Gasteiger partial charge in [0.05, 0.1) is 12.1 Å². The van der Waals surface area contributed by atoms with Gasteiger partial charge in [-0.05, 0) is 68.8 Å². The highest BCUT2D eigenvalue weighted by molar-refractivity contribution is 5.94. The van der Waals surface area contributed by atoms with Crippen LogP contribution in [-0.2, 0) is 11.2 Å². The first-order chi connectivity index (χ1) is 13.9. The number of benzene rings is 1. The molecule has 4 unspecified atom stereocenters. The van der Waals surface area contributed by atoms with Crippen LogP contribution in [0, 0.1) is 11.8 Å². The van der Waals surface area contributed by atoms with E-state index in [4.69, 9.17) is 4.74 Å². The van der Waals surface area contributed by atoms with Gasteiger partial charge in [-0.1, -0.05) is 33.6 Å². The number of aromatic nitrogens is 1. The number of rotatable bonds is 6. The number of carbonyl (C=O) groups is 1. The molecule has 0 saturated heterocycles. The lowest BCUT2D eigenvalue weighted by atomic mass is 9.80. The summed E-state index contributed by atoms with van der Waals surface area (Å²) in [6, 6.07) is 5.55. The Morgan fingerprint density at radius 3 is 2.76 bits per heavy atom. The SMILES string of the molecule is CCCC(C)C(C)CC1c2c(c3cc(O)ccc3n2C(=O)OCC)CCNC1C. The molecule has 2 N–H and O–H groups in total. The molecule has 1 aliphatic heterocycles. The molecule has 0 spiro atoms. The molecular weight excluding hydrogens is 364 g/mol. The molecule has 160 valence electrons. The maximum atomic E-state index is 13.0.